The van der Waals surface area contributed by atoms with Crippen LogP contribution < -0.4 is 10.9 Å². The molecule has 116 valence electrons. The van der Waals surface area contributed by atoms with E-state index in [0.717, 1.165) is 0 Å². The first kappa shape index (κ1) is 16.9. The molecule has 7 nitrogen and oxygen atoms in total. The number of carboxylic acid groups (broad SMARTS) is 1. The molecule has 1 unspecified atom stereocenters. The molecule has 0 aliphatic rings. The number of nitrogens with one attached hydrogen (secondary N) is 2. The summed E-state index contributed by atoms with van der Waals surface area (Å²) in [7, 11) is 0. The highest BCUT2D eigenvalue weighted by Gasteiger charge is 2.16. The second-order valence-electron chi connectivity index (χ2n) is 5.22. The van der Waals surface area contributed by atoms with Crippen LogP contribution in [0.2, 0.25) is 0 Å². The van der Waals surface area contributed by atoms with Crippen molar-refractivity contribution in [2.75, 3.05) is 6.54 Å². The van der Waals surface area contributed by atoms with Gasteiger partial charge in [0, 0.05) is 13.0 Å². The number of hydrogen-bond donors (Lipinski definition) is 3. The van der Waals surface area contributed by atoms with Crippen molar-refractivity contribution in [3.8, 4) is 0 Å². The molecule has 0 spiro atoms. The van der Waals surface area contributed by atoms with Gasteiger partial charge in [0.05, 0.1) is 5.69 Å². The number of aromatic nitrogens is 2. The maximum Gasteiger partial charge on any atom is 0.303 e. The van der Waals surface area contributed by atoms with Gasteiger partial charge in [-0.15, -0.1) is 0 Å². The summed E-state index contributed by atoms with van der Waals surface area (Å²) in [5.74, 6) is -1.05. The van der Waals surface area contributed by atoms with Gasteiger partial charge < -0.3 is 10.4 Å². The molecular formula is C14H21N3O4. The third-order valence-electron chi connectivity index (χ3n) is 3.47. The topological polar surface area (TPSA) is 112 Å². The van der Waals surface area contributed by atoms with Gasteiger partial charge in [-0.2, -0.15) is 5.10 Å². The second-order valence-corrected chi connectivity index (χ2v) is 5.22. The molecule has 1 rings (SSSR count). The van der Waals surface area contributed by atoms with Gasteiger partial charge in [0.1, 0.15) is 5.56 Å². The number of amides is 1. The molecule has 1 amide bonds. The van der Waals surface area contributed by atoms with Crippen LogP contribution in [-0.4, -0.2) is 33.7 Å². The lowest BCUT2D eigenvalue weighted by atomic mass is 10.0. The molecule has 1 heterocycles. The van der Waals surface area contributed by atoms with Gasteiger partial charge in [-0.25, -0.2) is 5.10 Å². The summed E-state index contributed by atoms with van der Waals surface area (Å²) in [4.78, 5) is 34.2. The van der Waals surface area contributed by atoms with Crippen molar-refractivity contribution in [2.24, 2.45) is 5.92 Å². The predicted molar refractivity (Wildman–Crippen MR) is 77.3 cm³/mol. The first-order chi connectivity index (χ1) is 9.82. The van der Waals surface area contributed by atoms with E-state index < -0.39 is 17.4 Å². The maximum atomic E-state index is 12.0. The molecule has 0 fully saturated rings. The van der Waals surface area contributed by atoms with Crippen molar-refractivity contribution in [1.29, 1.82) is 0 Å². The summed E-state index contributed by atoms with van der Waals surface area (Å²) in [6.45, 7) is 5.74. The number of aliphatic carboxylic acids is 1. The Morgan fingerprint density at radius 1 is 1.33 bits per heavy atom. The molecule has 0 saturated heterocycles. The van der Waals surface area contributed by atoms with Gasteiger partial charge in [-0.05, 0) is 38.2 Å². The summed E-state index contributed by atoms with van der Waals surface area (Å²) in [5.41, 5.74) is 0.750. The molecule has 0 aliphatic heterocycles. The van der Waals surface area contributed by atoms with Crippen LogP contribution in [0.25, 0.3) is 0 Å². The molecule has 0 aliphatic carbocycles. The minimum absolute atomic E-state index is 0.0840. The van der Waals surface area contributed by atoms with Crippen molar-refractivity contribution >= 4 is 11.9 Å². The van der Waals surface area contributed by atoms with Crippen molar-refractivity contribution in [3.63, 3.8) is 0 Å². The highest BCUT2D eigenvalue weighted by Crippen LogP contribution is 2.10. The summed E-state index contributed by atoms with van der Waals surface area (Å²) in [6, 6.07) is 0. The molecule has 3 N–H and O–H groups in total. The van der Waals surface area contributed by atoms with Crippen LogP contribution in [0.4, 0.5) is 0 Å². The molecule has 0 bridgehead atoms. The standard InChI is InChI=1S/C14H21N3O4/c1-8(4-5-11(18)19)6-7-15-13(20)12-9(2)10(3)16-17-14(12)21/h8H,4-7H2,1-3H3,(H,15,20)(H,17,21)(H,18,19). The average molecular weight is 295 g/mol. The van der Waals surface area contributed by atoms with Gasteiger partial charge in [-0.1, -0.05) is 6.92 Å². The van der Waals surface area contributed by atoms with E-state index in [1.807, 2.05) is 6.92 Å². The van der Waals surface area contributed by atoms with Gasteiger partial charge >= 0.3 is 5.97 Å². The zero-order valence-corrected chi connectivity index (χ0v) is 12.5. The number of hydrogen-bond acceptors (Lipinski definition) is 4. The predicted octanol–water partition coefficient (Wildman–Crippen LogP) is 1.01. The van der Waals surface area contributed by atoms with Crippen LogP contribution in [0.1, 0.15) is 47.8 Å². The minimum Gasteiger partial charge on any atom is -0.481 e. The molecule has 0 saturated carbocycles. The van der Waals surface area contributed by atoms with Crippen LogP contribution in [0.15, 0.2) is 4.79 Å². The van der Waals surface area contributed by atoms with Gasteiger partial charge in [-0.3, -0.25) is 14.4 Å². The summed E-state index contributed by atoms with van der Waals surface area (Å²) < 4.78 is 0. The Labute approximate surface area is 122 Å². The van der Waals surface area contributed by atoms with E-state index in [1.165, 1.54) is 0 Å². The molecule has 1 aromatic heterocycles. The van der Waals surface area contributed by atoms with Crippen molar-refractivity contribution in [1.82, 2.24) is 15.5 Å². The van der Waals surface area contributed by atoms with Crippen molar-refractivity contribution < 1.29 is 14.7 Å². The van der Waals surface area contributed by atoms with Gasteiger partial charge in [0.15, 0.2) is 0 Å². The van der Waals surface area contributed by atoms with Crippen LogP contribution in [0.3, 0.4) is 0 Å². The SMILES string of the molecule is Cc1n[nH]c(=O)c(C(=O)NCCC(C)CCC(=O)O)c1C. The van der Waals surface area contributed by atoms with Gasteiger partial charge in [0.2, 0.25) is 0 Å². The lowest BCUT2D eigenvalue weighted by molar-refractivity contribution is -0.137. The largest absolute Gasteiger partial charge is 0.481 e. The maximum absolute atomic E-state index is 12.0. The molecule has 7 heteroatoms. The molecule has 0 aromatic carbocycles. The third-order valence-corrected chi connectivity index (χ3v) is 3.47. The monoisotopic (exact) mass is 295 g/mol. The minimum atomic E-state index is -0.819. The smallest absolute Gasteiger partial charge is 0.303 e. The van der Waals surface area contributed by atoms with E-state index in [9.17, 15) is 14.4 Å². The van der Waals surface area contributed by atoms with E-state index in [1.54, 1.807) is 13.8 Å². The Morgan fingerprint density at radius 2 is 2.00 bits per heavy atom. The fourth-order valence-electron chi connectivity index (χ4n) is 1.93. The zero-order valence-electron chi connectivity index (χ0n) is 12.5. The number of H-pyrrole nitrogens is 1. The molecular weight excluding hydrogens is 274 g/mol. The lowest BCUT2D eigenvalue weighted by Gasteiger charge is -2.11. The normalized spacial score (nSPS) is 12.0. The Balaban J connectivity index is 2.54. The van der Waals surface area contributed by atoms with Gasteiger partial charge in [0.25, 0.3) is 11.5 Å². The lowest BCUT2D eigenvalue weighted by Crippen LogP contribution is -2.32. The highest BCUT2D eigenvalue weighted by molar-refractivity contribution is 5.95. The van der Waals surface area contributed by atoms with E-state index in [0.29, 0.717) is 30.6 Å². The number of carbonyl (C=O) groups excluding carboxylic acids is 1. The molecule has 21 heavy (non-hydrogen) atoms. The Bertz CT molecular complexity index is 580. The van der Waals surface area contributed by atoms with Crippen LogP contribution >= 0.6 is 0 Å². The van der Waals surface area contributed by atoms with E-state index in [4.69, 9.17) is 5.11 Å². The van der Waals surface area contributed by atoms with E-state index >= 15 is 0 Å². The number of aromatic amines is 1. The van der Waals surface area contributed by atoms with Crippen LogP contribution in [0, 0.1) is 19.8 Å². The second kappa shape index (κ2) is 7.56. The molecule has 0 radical (unpaired) electrons. The number of rotatable bonds is 7. The first-order valence-corrected chi connectivity index (χ1v) is 6.88. The van der Waals surface area contributed by atoms with Crippen molar-refractivity contribution in [2.45, 2.75) is 40.0 Å². The third kappa shape index (κ3) is 5.02. The van der Waals surface area contributed by atoms with Crippen LogP contribution in [-0.2, 0) is 4.79 Å². The van der Waals surface area contributed by atoms with E-state index in [-0.39, 0.29) is 17.9 Å². The Hall–Kier alpha value is -2.18. The molecule has 1 atom stereocenters. The zero-order chi connectivity index (χ0) is 16.0. The summed E-state index contributed by atoms with van der Waals surface area (Å²) in [6.07, 6.45) is 1.36. The van der Waals surface area contributed by atoms with Crippen LogP contribution in [0.5, 0.6) is 0 Å². The number of aryl methyl sites for hydroxylation is 1. The quantitative estimate of drug-likeness (QED) is 0.695. The number of nitrogens with zero attached hydrogens (tertiary/aromatic N) is 1. The van der Waals surface area contributed by atoms with E-state index in [2.05, 4.69) is 15.5 Å². The number of carboxylic acids is 1. The average Bonchev–Trinajstić information content (AvgIpc) is 2.41. The first-order valence-electron chi connectivity index (χ1n) is 6.88. The molecule has 1 aromatic rings. The van der Waals surface area contributed by atoms with Crippen molar-refractivity contribution in [3.05, 3.63) is 27.2 Å². The Morgan fingerprint density at radius 3 is 2.62 bits per heavy atom. The summed E-state index contributed by atoms with van der Waals surface area (Å²) in [5, 5.41) is 17.4. The fraction of sp³-hybridized carbons (Fsp3) is 0.571. The Kier molecular flexibility index (Phi) is 6.08. The highest BCUT2D eigenvalue weighted by atomic mass is 16.4. The summed E-state index contributed by atoms with van der Waals surface area (Å²) >= 11 is 0. The number of carbonyl (C=O) groups is 2. The fourth-order valence-corrected chi connectivity index (χ4v) is 1.93.